The van der Waals surface area contributed by atoms with Crippen molar-refractivity contribution in [1.82, 2.24) is 19.8 Å². The van der Waals surface area contributed by atoms with Crippen molar-refractivity contribution in [3.8, 4) is 0 Å². The standard InChI is InChI=1S/C24H28N4OS/c1-17-15-20(18(2)27(17)13-14-29-3)23-22(21-11-7-8-12-25-21)26-24(30)28(23)16-19-9-5-4-6-10-19/h4-12,15,22-23H,13-14,16H2,1-3H3,(H,26,30)/t22-,23+/m0/s1. The van der Waals surface area contributed by atoms with Gasteiger partial charge < -0.3 is 19.5 Å². The van der Waals surface area contributed by atoms with Crippen LogP contribution in [0.1, 0.15) is 40.3 Å². The third-order valence-electron chi connectivity index (χ3n) is 5.84. The Labute approximate surface area is 183 Å². The highest BCUT2D eigenvalue weighted by Crippen LogP contribution is 2.41. The number of benzene rings is 1. The summed E-state index contributed by atoms with van der Waals surface area (Å²) in [6.07, 6.45) is 1.85. The lowest BCUT2D eigenvalue weighted by Gasteiger charge is -2.28. The second-order valence-electron chi connectivity index (χ2n) is 7.71. The predicted octanol–water partition coefficient (Wildman–Crippen LogP) is 4.32. The van der Waals surface area contributed by atoms with Gasteiger partial charge in [-0.2, -0.15) is 0 Å². The second kappa shape index (κ2) is 8.98. The lowest BCUT2D eigenvalue weighted by molar-refractivity contribution is 0.186. The molecule has 0 unspecified atom stereocenters. The van der Waals surface area contributed by atoms with Crippen molar-refractivity contribution in [3.05, 3.63) is 89.0 Å². The van der Waals surface area contributed by atoms with Crippen LogP contribution in [0, 0.1) is 13.8 Å². The number of aromatic nitrogens is 2. The molecule has 2 atom stereocenters. The molecule has 4 rings (SSSR count). The maximum absolute atomic E-state index is 5.81. The van der Waals surface area contributed by atoms with Gasteiger partial charge in [0.2, 0.25) is 0 Å². The molecule has 0 spiro atoms. The molecule has 0 bridgehead atoms. The van der Waals surface area contributed by atoms with Gasteiger partial charge in [-0.3, -0.25) is 4.98 Å². The van der Waals surface area contributed by atoms with Crippen LogP contribution in [0.4, 0.5) is 0 Å². The van der Waals surface area contributed by atoms with Gasteiger partial charge in [0.1, 0.15) is 0 Å². The number of hydrogen-bond acceptors (Lipinski definition) is 3. The van der Waals surface area contributed by atoms with E-state index in [1.165, 1.54) is 22.5 Å². The van der Waals surface area contributed by atoms with Gasteiger partial charge in [0.05, 0.1) is 24.4 Å². The summed E-state index contributed by atoms with van der Waals surface area (Å²) in [6.45, 7) is 6.63. The van der Waals surface area contributed by atoms with E-state index in [2.05, 4.69) is 70.0 Å². The Morgan fingerprint density at radius 2 is 1.87 bits per heavy atom. The van der Waals surface area contributed by atoms with E-state index in [9.17, 15) is 0 Å². The van der Waals surface area contributed by atoms with Gasteiger partial charge in [0.15, 0.2) is 5.11 Å². The maximum atomic E-state index is 5.81. The highest BCUT2D eigenvalue weighted by Gasteiger charge is 2.41. The number of ether oxygens (including phenoxy) is 1. The molecular weight excluding hydrogens is 392 g/mol. The number of nitrogens with zero attached hydrogens (tertiary/aromatic N) is 3. The molecule has 3 heterocycles. The van der Waals surface area contributed by atoms with Crippen molar-refractivity contribution >= 4 is 17.3 Å². The topological polar surface area (TPSA) is 42.3 Å². The number of methoxy groups -OCH3 is 1. The molecule has 1 fully saturated rings. The Bertz CT molecular complexity index is 1000. The number of rotatable bonds is 7. The van der Waals surface area contributed by atoms with Crippen LogP contribution in [0.25, 0.3) is 0 Å². The average molecular weight is 421 g/mol. The van der Waals surface area contributed by atoms with E-state index < -0.39 is 0 Å². The van der Waals surface area contributed by atoms with Crippen molar-refractivity contribution in [3.63, 3.8) is 0 Å². The maximum Gasteiger partial charge on any atom is 0.170 e. The van der Waals surface area contributed by atoms with Crippen LogP contribution in [0.2, 0.25) is 0 Å². The van der Waals surface area contributed by atoms with E-state index in [0.29, 0.717) is 6.61 Å². The molecule has 0 amide bonds. The largest absolute Gasteiger partial charge is 0.383 e. The molecular formula is C24H28N4OS. The Morgan fingerprint density at radius 3 is 2.57 bits per heavy atom. The predicted molar refractivity (Wildman–Crippen MR) is 123 cm³/mol. The Balaban J connectivity index is 1.76. The van der Waals surface area contributed by atoms with Crippen LogP contribution in [0.5, 0.6) is 0 Å². The van der Waals surface area contributed by atoms with Gasteiger partial charge in [0.25, 0.3) is 0 Å². The van der Waals surface area contributed by atoms with Crippen LogP contribution < -0.4 is 5.32 Å². The summed E-state index contributed by atoms with van der Waals surface area (Å²) in [7, 11) is 1.74. The molecule has 1 aliphatic rings. The zero-order valence-electron chi connectivity index (χ0n) is 17.7. The Hall–Kier alpha value is -2.70. The number of hydrogen-bond donors (Lipinski definition) is 1. The van der Waals surface area contributed by atoms with Crippen molar-refractivity contribution < 1.29 is 4.74 Å². The first kappa shape index (κ1) is 20.6. The first-order chi connectivity index (χ1) is 14.6. The van der Waals surface area contributed by atoms with Gasteiger partial charge in [-0.25, -0.2) is 0 Å². The molecule has 6 heteroatoms. The third kappa shape index (κ3) is 3.98. The van der Waals surface area contributed by atoms with E-state index in [1.807, 2.05) is 24.4 Å². The van der Waals surface area contributed by atoms with Crippen molar-refractivity contribution in [1.29, 1.82) is 0 Å². The fraction of sp³-hybridized carbons (Fsp3) is 0.333. The highest BCUT2D eigenvalue weighted by atomic mass is 32.1. The van der Waals surface area contributed by atoms with Gasteiger partial charge in [-0.15, -0.1) is 0 Å². The minimum Gasteiger partial charge on any atom is -0.383 e. The summed E-state index contributed by atoms with van der Waals surface area (Å²) in [5.41, 5.74) is 6.00. The number of aryl methyl sites for hydroxylation is 1. The highest BCUT2D eigenvalue weighted by molar-refractivity contribution is 7.80. The molecule has 30 heavy (non-hydrogen) atoms. The fourth-order valence-corrected chi connectivity index (χ4v) is 4.65. The Morgan fingerprint density at radius 1 is 1.10 bits per heavy atom. The summed E-state index contributed by atoms with van der Waals surface area (Å²) in [4.78, 5) is 6.94. The van der Waals surface area contributed by atoms with E-state index in [0.717, 1.165) is 23.9 Å². The second-order valence-corrected chi connectivity index (χ2v) is 8.10. The van der Waals surface area contributed by atoms with Gasteiger partial charge in [0, 0.05) is 37.8 Å². The summed E-state index contributed by atoms with van der Waals surface area (Å²) < 4.78 is 7.65. The minimum atomic E-state index is -0.00112. The molecule has 156 valence electrons. The molecule has 5 nitrogen and oxygen atoms in total. The van der Waals surface area contributed by atoms with Gasteiger partial charge in [-0.1, -0.05) is 36.4 Å². The summed E-state index contributed by atoms with van der Waals surface area (Å²) in [5.74, 6) is 0. The molecule has 1 N–H and O–H groups in total. The molecule has 1 aromatic carbocycles. The van der Waals surface area contributed by atoms with Crippen LogP contribution >= 0.6 is 12.2 Å². The summed E-state index contributed by atoms with van der Waals surface area (Å²) >= 11 is 5.81. The van der Waals surface area contributed by atoms with Crippen LogP contribution in [0.15, 0.2) is 60.8 Å². The SMILES string of the molecule is COCCn1c(C)cc([C@@H]2[C@H](c3ccccn3)NC(=S)N2Cc2ccccc2)c1C. The van der Waals surface area contributed by atoms with Crippen LogP contribution in [0.3, 0.4) is 0 Å². The van der Waals surface area contributed by atoms with E-state index in [4.69, 9.17) is 17.0 Å². The molecule has 0 aliphatic carbocycles. The Kier molecular flexibility index (Phi) is 6.16. The first-order valence-electron chi connectivity index (χ1n) is 10.3. The van der Waals surface area contributed by atoms with E-state index in [1.54, 1.807) is 7.11 Å². The normalized spacial score (nSPS) is 18.6. The smallest absolute Gasteiger partial charge is 0.170 e. The van der Waals surface area contributed by atoms with Crippen molar-refractivity contribution in [2.75, 3.05) is 13.7 Å². The van der Waals surface area contributed by atoms with E-state index in [-0.39, 0.29) is 12.1 Å². The molecule has 0 saturated carbocycles. The van der Waals surface area contributed by atoms with Gasteiger partial charge >= 0.3 is 0 Å². The monoisotopic (exact) mass is 420 g/mol. The molecule has 1 aliphatic heterocycles. The quantitative estimate of drug-likeness (QED) is 0.577. The molecule has 1 saturated heterocycles. The number of nitrogens with one attached hydrogen (secondary N) is 1. The summed E-state index contributed by atoms with van der Waals surface area (Å²) in [5, 5.41) is 4.31. The van der Waals surface area contributed by atoms with Gasteiger partial charge in [-0.05, 0) is 55.4 Å². The number of pyridine rings is 1. The molecule has 3 aromatic rings. The lowest BCUT2D eigenvalue weighted by Crippen LogP contribution is -2.29. The average Bonchev–Trinajstić information content (AvgIpc) is 3.23. The summed E-state index contributed by atoms with van der Waals surface area (Å²) in [6, 6.07) is 18.9. The molecule has 2 aromatic heterocycles. The zero-order chi connectivity index (χ0) is 21.1. The zero-order valence-corrected chi connectivity index (χ0v) is 18.5. The minimum absolute atomic E-state index is 0.00112. The molecule has 0 radical (unpaired) electrons. The van der Waals surface area contributed by atoms with Crippen molar-refractivity contribution in [2.24, 2.45) is 0 Å². The number of thiocarbonyl (C=S) groups is 1. The van der Waals surface area contributed by atoms with E-state index >= 15 is 0 Å². The third-order valence-corrected chi connectivity index (χ3v) is 6.20. The van der Waals surface area contributed by atoms with Crippen molar-refractivity contribution in [2.45, 2.75) is 39.0 Å². The lowest BCUT2D eigenvalue weighted by atomic mass is 9.96. The van der Waals surface area contributed by atoms with Crippen LogP contribution in [-0.4, -0.2) is 33.3 Å². The first-order valence-corrected chi connectivity index (χ1v) is 10.7. The fourth-order valence-electron chi connectivity index (χ4n) is 4.35. The van der Waals surface area contributed by atoms with Crippen LogP contribution in [-0.2, 0) is 17.8 Å².